The molecule has 1 saturated heterocycles. The highest BCUT2D eigenvalue weighted by molar-refractivity contribution is 7.91. The van der Waals surface area contributed by atoms with Crippen LogP contribution in [0, 0.1) is 11.3 Å². The van der Waals surface area contributed by atoms with Crippen molar-refractivity contribution in [3.8, 4) is 6.07 Å². The second-order valence-electron chi connectivity index (χ2n) is 4.80. The predicted molar refractivity (Wildman–Crippen MR) is 74.9 cm³/mol. The Bertz CT molecular complexity index is 624. The number of aryl methyl sites for hydroxylation is 1. The van der Waals surface area contributed by atoms with E-state index in [1.807, 2.05) is 6.07 Å². The molecule has 1 aliphatic rings. The number of nitrogens with two attached hydrogens (primary N) is 1. The summed E-state index contributed by atoms with van der Waals surface area (Å²) in [7, 11) is -3.48. The fourth-order valence-corrected chi connectivity index (χ4v) is 3.15. The number of nitrogens with zero attached hydrogens (tertiary/aromatic N) is 3. The number of hydrogen-bond donors (Lipinski definition) is 3. The van der Waals surface area contributed by atoms with Crippen molar-refractivity contribution in [2.24, 2.45) is 0 Å². The standard InChI is InChI=1S/C11H18N6O2S/c1-20(18,19)9-10(13)17(6-2-4-12)16-11(9)15-8-3-5-14-7-8/h8,14H,2-3,5-7,13H2,1H3,(H,15,16). The molecule has 2 rings (SSSR count). The summed E-state index contributed by atoms with van der Waals surface area (Å²) in [5.41, 5.74) is 5.86. The molecular formula is C11H18N6O2S. The largest absolute Gasteiger partial charge is 0.383 e. The minimum absolute atomic E-state index is 0.0161. The molecule has 0 bridgehead atoms. The van der Waals surface area contributed by atoms with E-state index in [2.05, 4.69) is 15.7 Å². The number of sulfone groups is 1. The van der Waals surface area contributed by atoms with E-state index < -0.39 is 9.84 Å². The number of nitrogen functional groups attached to an aromatic ring is 1. The fraction of sp³-hybridized carbons (Fsp3) is 0.636. The Hall–Kier alpha value is -1.79. The normalized spacial score (nSPS) is 18.9. The molecule has 1 aliphatic heterocycles. The van der Waals surface area contributed by atoms with Crippen molar-refractivity contribution in [1.82, 2.24) is 15.1 Å². The van der Waals surface area contributed by atoms with Gasteiger partial charge in [0.1, 0.15) is 5.82 Å². The van der Waals surface area contributed by atoms with Gasteiger partial charge in [0.2, 0.25) is 0 Å². The van der Waals surface area contributed by atoms with Crippen molar-refractivity contribution in [3.63, 3.8) is 0 Å². The maximum atomic E-state index is 11.9. The molecule has 20 heavy (non-hydrogen) atoms. The quantitative estimate of drug-likeness (QED) is 0.672. The average Bonchev–Trinajstić information content (AvgIpc) is 2.94. The lowest BCUT2D eigenvalue weighted by molar-refractivity contribution is 0.601. The molecule has 9 heteroatoms. The molecule has 110 valence electrons. The van der Waals surface area contributed by atoms with E-state index >= 15 is 0 Å². The van der Waals surface area contributed by atoms with E-state index in [1.165, 1.54) is 4.68 Å². The van der Waals surface area contributed by atoms with Crippen molar-refractivity contribution in [3.05, 3.63) is 0 Å². The van der Waals surface area contributed by atoms with Gasteiger partial charge in [0.15, 0.2) is 20.6 Å². The lowest BCUT2D eigenvalue weighted by atomic mass is 10.2. The first-order chi connectivity index (χ1) is 9.43. The highest BCUT2D eigenvalue weighted by Crippen LogP contribution is 2.28. The summed E-state index contributed by atoms with van der Waals surface area (Å²) in [6.07, 6.45) is 2.22. The zero-order valence-electron chi connectivity index (χ0n) is 11.3. The van der Waals surface area contributed by atoms with Gasteiger partial charge in [-0.25, -0.2) is 13.1 Å². The second kappa shape index (κ2) is 5.68. The summed E-state index contributed by atoms with van der Waals surface area (Å²) in [6, 6.07) is 2.12. The zero-order valence-corrected chi connectivity index (χ0v) is 12.1. The Labute approximate surface area is 117 Å². The third kappa shape index (κ3) is 3.02. The molecule has 0 aliphatic carbocycles. The Morgan fingerprint density at radius 1 is 1.65 bits per heavy atom. The van der Waals surface area contributed by atoms with Crippen LogP contribution >= 0.6 is 0 Å². The van der Waals surface area contributed by atoms with Crippen molar-refractivity contribution in [2.45, 2.75) is 30.3 Å². The van der Waals surface area contributed by atoms with Gasteiger partial charge in [-0.15, -0.1) is 0 Å². The lowest BCUT2D eigenvalue weighted by Crippen LogP contribution is -2.23. The van der Waals surface area contributed by atoms with E-state index in [0.29, 0.717) is 0 Å². The monoisotopic (exact) mass is 298 g/mol. The van der Waals surface area contributed by atoms with Crippen LogP contribution in [0.25, 0.3) is 0 Å². The first kappa shape index (κ1) is 14.6. The number of anilines is 2. The summed E-state index contributed by atoms with van der Waals surface area (Å²) in [6.45, 7) is 1.92. The van der Waals surface area contributed by atoms with Gasteiger partial charge in [-0.1, -0.05) is 0 Å². The van der Waals surface area contributed by atoms with E-state index in [1.54, 1.807) is 0 Å². The predicted octanol–water partition coefficient (Wildman–Crippen LogP) is -0.444. The third-order valence-electron chi connectivity index (χ3n) is 3.15. The summed E-state index contributed by atoms with van der Waals surface area (Å²) in [4.78, 5) is 0.0161. The van der Waals surface area contributed by atoms with E-state index in [4.69, 9.17) is 11.0 Å². The Morgan fingerprint density at radius 3 is 2.95 bits per heavy atom. The van der Waals surface area contributed by atoms with Crippen LogP contribution in [-0.4, -0.2) is 43.6 Å². The van der Waals surface area contributed by atoms with Gasteiger partial charge in [-0.05, 0) is 13.0 Å². The minimum atomic E-state index is -3.48. The first-order valence-corrected chi connectivity index (χ1v) is 8.23. The van der Waals surface area contributed by atoms with Gasteiger partial charge in [0.25, 0.3) is 0 Å². The lowest BCUT2D eigenvalue weighted by Gasteiger charge is -2.11. The summed E-state index contributed by atoms with van der Waals surface area (Å²) >= 11 is 0. The molecule has 2 heterocycles. The topological polar surface area (TPSA) is 126 Å². The highest BCUT2D eigenvalue weighted by atomic mass is 32.2. The Morgan fingerprint density at radius 2 is 2.40 bits per heavy atom. The maximum absolute atomic E-state index is 11.9. The number of nitrogens with one attached hydrogen (secondary N) is 2. The summed E-state index contributed by atoms with van der Waals surface area (Å²) < 4.78 is 25.1. The number of hydrogen-bond acceptors (Lipinski definition) is 7. The molecule has 0 saturated carbocycles. The molecule has 0 spiro atoms. The minimum Gasteiger partial charge on any atom is -0.383 e. The van der Waals surface area contributed by atoms with Crippen LogP contribution in [0.3, 0.4) is 0 Å². The Kier molecular flexibility index (Phi) is 4.15. The fourth-order valence-electron chi connectivity index (χ4n) is 2.22. The molecule has 1 fully saturated rings. The highest BCUT2D eigenvalue weighted by Gasteiger charge is 2.26. The zero-order chi connectivity index (χ0) is 14.8. The molecule has 1 aromatic rings. The molecule has 1 aromatic heterocycles. The second-order valence-corrected chi connectivity index (χ2v) is 6.75. The van der Waals surface area contributed by atoms with Crippen molar-refractivity contribution in [2.75, 3.05) is 30.4 Å². The molecule has 0 radical (unpaired) electrons. The van der Waals surface area contributed by atoms with Crippen LogP contribution in [0.15, 0.2) is 4.90 Å². The summed E-state index contributed by atoms with van der Waals surface area (Å²) in [5, 5.41) is 19.1. The molecule has 1 unspecified atom stereocenters. The SMILES string of the molecule is CS(=O)(=O)c1c(NC2CCNC2)nn(CCC#N)c1N. The molecule has 0 aromatic carbocycles. The van der Waals surface area contributed by atoms with Crippen LogP contribution in [0.4, 0.5) is 11.6 Å². The van der Waals surface area contributed by atoms with Crippen LogP contribution in [0.2, 0.25) is 0 Å². The van der Waals surface area contributed by atoms with Gasteiger partial charge >= 0.3 is 0 Å². The van der Waals surface area contributed by atoms with Gasteiger partial charge in [0.05, 0.1) is 19.0 Å². The Balaban J connectivity index is 2.35. The van der Waals surface area contributed by atoms with Crippen molar-refractivity contribution in [1.29, 1.82) is 5.26 Å². The van der Waals surface area contributed by atoms with Crippen LogP contribution in [0.5, 0.6) is 0 Å². The van der Waals surface area contributed by atoms with Gasteiger partial charge < -0.3 is 16.4 Å². The maximum Gasteiger partial charge on any atom is 0.182 e. The first-order valence-electron chi connectivity index (χ1n) is 6.34. The van der Waals surface area contributed by atoms with Crippen LogP contribution in [0.1, 0.15) is 12.8 Å². The number of rotatable bonds is 5. The van der Waals surface area contributed by atoms with Crippen molar-refractivity contribution >= 4 is 21.5 Å². The van der Waals surface area contributed by atoms with Crippen molar-refractivity contribution < 1.29 is 8.42 Å². The van der Waals surface area contributed by atoms with Gasteiger partial charge in [-0.2, -0.15) is 10.4 Å². The smallest absolute Gasteiger partial charge is 0.182 e. The molecule has 4 N–H and O–H groups in total. The molecular weight excluding hydrogens is 280 g/mol. The molecule has 8 nitrogen and oxygen atoms in total. The number of aromatic nitrogens is 2. The van der Waals surface area contributed by atoms with E-state index in [-0.39, 0.29) is 35.5 Å². The van der Waals surface area contributed by atoms with Gasteiger partial charge in [-0.3, -0.25) is 0 Å². The third-order valence-corrected chi connectivity index (χ3v) is 4.30. The average molecular weight is 298 g/mol. The summed E-state index contributed by atoms with van der Waals surface area (Å²) in [5.74, 6) is 0.354. The van der Waals surface area contributed by atoms with E-state index in [0.717, 1.165) is 25.8 Å². The molecule has 1 atom stereocenters. The van der Waals surface area contributed by atoms with E-state index in [9.17, 15) is 8.42 Å². The number of nitriles is 1. The van der Waals surface area contributed by atoms with Crippen LogP contribution in [-0.2, 0) is 16.4 Å². The van der Waals surface area contributed by atoms with Gasteiger partial charge in [0, 0.05) is 18.8 Å². The molecule has 0 amide bonds. The van der Waals surface area contributed by atoms with Crippen LogP contribution < -0.4 is 16.4 Å².